The van der Waals surface area contributed by atoms with E-state index in [1.165, 1.54) is 56.6 Å². The molecule has 0 saturated carbocycles. The van der Waals surface area contributed by atoms with Gasteiger partial charge in [-0.05, 0) is 48.5 Å². The van der Waals surface area contributed by atoms with Gasteiger partial charge in [0.2, 0.25) is 15.9 Å². The largest absolute Gasteiger partial charge is 0.418 e. The van der Waals surface area contributed by atoms with Crippen molar-refractivity contribution in [3.63, 3.8) is 0 Å². The SMILES string of the molecule is CN(C)S(=O)(=O)c1ccc(C(=O)NCc2nnc(SCC(=O)Nc3ccccc3C(F)(F)F)n2-c2ccccc2)cc1. The Bertz CT molecular complexity index is 1680. The number of amides is 2. The van der Waals surface area contributed by atoms with Crippen molar-refractivity contribution in [3.8, 4) is 5.69 Å². The normalized spacial score (nSPS) is 11.9. The number of carbonyl (C=O) groups is 2. The van der Waals surface area contributed by atoms with Crippen LogP contribution in [0.5, 0.6) is 0 Å². The lowest BCUT2D eigenvalue weighted by Gasteiger charge is -2.14. The topological polar surface area (TPSA) is 126 Å². The molecule has 42 heavy (non-hydrogen) atoms. The number of carbonyl (C=O) groups excluding carboxylic acids is 2. The highest BCUT2D eigenvalue weighted by molar-refractivity contribution is 7.99. The number of alkyl halides is 3. The van der Waals surface area contributed by atoms with E-state index in [1.807, 2.05) is 0 Å². The molecule has 0 saturated heterocycles. The zero-order valence-corrected chi connectivity index (χ0v) is 23.9. The molecule has 0 aliphatic heterocycles. The quantitative estimate of drug-likeness (QED) is 0.255. The second-order valence-electron chi connectivity index (χ2n) is 8.94. The highest BCUT2D eigenvalue weighted by Crippen LogP contribution is 2.34. The number of thioether (sulfide) groups is 1. The number of nitrogens with one attached hydrogen (secondary N) is 2. The third-order valence-corrected chi connectivity index (χ3v) is 8.61. The second-order valence-corrected chi connectivity index (χ2v) is 12.0. The first kappa shape index (κ1) is 30.7. The molecule has 0 bridgehead atoms. The molecule has 2 N–H and O–H groups in total. The Morgan fingerprint density at radius 1 is 0.929 bits per heavy atom. The molecule has 4 rings (SSSR count). The van der Waals surface area contributed by atoms with Crippen LogP contribution in [-0.4, -0.2) is 59.2 Å². The van der Waals surface area contributed by atoms with Crippen LogP contribution in [0.1, 0.15) is 21.7 Å². The van der Waals surface area contributed by atoms with Crippen LogP contribution < -0.4 is 10.6 Å². The third kappa shape index (κ3) is 7.16. The lowest BCUT2D eigenvalue weighted by Crippen LogP contribution is -2.25. The fourth-order valence-electron chi connectivity index (χ4n) is 3.75. The van der Waals surface area contributed by atoms with Gasteiger partial charge < -0.3 is 10.6 Å². The van der Waals surface area contributed by atoms with E-state index in [2.05, 4.69) is 20.8 Å². The summed E-state index contributed by atoms with van der Waals surface area (Å²) < 4.78 is 67.1. The summed E-state index contributed by atoms with van der Waals surface area (Å²) in [7, 11) is -0.832. The van der Waals surface area contributed by atoms with Crippen LogP contribution in [0.3, 0.4) is 0 Å². The average molecular weight is 619 g/mol. The van der Waals surface area contributed by atoms with Crippen molar-refractivity contribution in [2.45, 2.75) is 22.8 Å². The van der Waals surface area contributed by atoms with Crippen LogP contribution in [0.4, 0.5) is 18.9 Å². The smallest absolute Gasteiger partial charge is 0.345 e. The number of hydrogen-bond donors (Lipinski definition) is 2. The van der Waals surface area contributed by atoms with Crippen LogP contribution in [0.2, 0.25) is 0 Å². The Hall–Kier alpha value is -4.21. The summed E-state index contributed by atoms with van der Waals surface area (Å²) in [6.07, 6.45) is -4.63. The lowest BCUT2D eigenvalue weighted by atomic mass is 10.1. The van der Waals surface area contributed by atoms with E-state index in [4.69, 9.17) is 0 Å². The third-order valence-electron chi connectivity index (χ3n) is 5.86. The standard InChI is InChI=1S/C27H25F3N6O4S2/c1-35(2)42(39,40)20-14-12-18(13-15-20)25(38)31-16-23-33-34-26(36(23)19-8-4-3-5-9-19)41-17-24(37)32-22-11-7-6-10-21(22)27(28,29)30/h3-15H,16-17H2,1-2H3,(H,31,38)(H,32,37). The van der Waals surface area contributed by atoms with Gasteiger partial charge in [0.25, 0.3) is 5.91 Å². The molecule has 10 nitrogen and oxygen atoms in total. The van der Waals surface area contributed by atoms with E-state index in [1.54, 1.807) is 34.9 Å². The zero-order valence-electron chi connectivity index (χ0n) is 22.3. The van der Waals surface area contributed by atoms with Gasteiger partial charge in [-0.15, -0.1) is 10.2 Å². The van der Waals surface area contributed by atoms with Gasteiger partial charge in [-0.3, -0.25) is 14.2 Å². The van der Waals surface area contributed by atoms with Crippen LogP contribution in [0.25, 0.3) is 5.69 Å². The van der Waals surface area contributed by atoms with Crippen LogP contribution in [0, 0.1) is 0 Å². The van der Waals surface area contributed by atoms with Crippen LogP contribution in [-0.2, 0) is 27.5 Å². The van der Waals surface area contributed by atoms with Crippen molar-refractivity contribution < 1.29 is 31.2 Å². The van der Waals surface area contributed by atoms with Crippen molar-refractivity contribution in [1.82, 2.24) is 24.4 Å². The molecule has 0 aliphatic rings. The summed E-state index contributed by atoms with van der Waals surface area (Å²) >= 11 is 0.963. The van der Waals surface area contributed by atoms with Gasteiger partial charge in [-0.25, -0.2) is 12.7 Å². The Morgan fingerprint density at radius 3 is 2.21 bits per heavy atom. The maximum absolute atomic E-state index is 13.3. The van der Waals surface area contributed by atoms with Crippen molar-refractivity contribution >= 4 is 39.3 Å². The minimum Gasteiger partial charge on any atom is -0.345 e. The Balaban J connectivity index is 1.48. The van der Waals surface area contributed by atoms with E-state index >= 15 is 0 Å². The first-order chi connectivity index (χ1) is 19.9. The minimum absolute atomic E-state index is 0.0421. The number of aromatic nitrogens is 3. The van der Waals surface area contributed by atoms with E-state index in [9.17, 15) is 31.2 Å². The van der Waals surface area contributed by atoms with E-state index in [0.717, 1.165) is 22.1 Å². The molecule has 0 radical (unpaired) electrons. The van der Waals surface area contributed by atoms with E-state index < -0.39 is 33.6 Å². The maximum Gasteiger partial charge on any atom is 0.418 e. The minimum atomic E-state index is -4.63. The molecule has 0 unspecified atom stereocenters. The molecule has 1 heterocycles. The zero-order chi connectivity index (χ0) is 30.5. The van der Waals surface area contributed by atoms with Crippen molar-refractivity contribution in [2.75, 3.05) is 25.2 Å². The van der Waals surface area contributed by atoms with Gasteiger partial charge in [0.1, 0.15) is 0 Å². The molecule has 15 heteroatoms. The Morgan fingerprint density at radius 2 is 1.57 bits per heavy atom. The molecular weight excluding hydrogens is 593 g/mol. The van der Waals surface area contributed by atoms with Crippen LogP contribution in [0.15, 0.2) is 88.9 Å². The summed E-state index contributed by atoms with van der Waals surface area (Å²) in [5.41, 5.74) is -0.446. The molecule has 0 atom stereocenters. The van der Waals surface area contributed by atoms with Gasteiger partial charge in [0.05, 0.1) is 28.4 Å². The molecular formula is C27H25F3N6O4S2. The fraction of sp³-hybridized carbons (Fsp3) is 0.185. The monoisotopic (exact) mass is 618 g/mol. The number of para-hydroxylation sites is 2. The molecule has 3 aromatic carbocycles. The first-order valence-electron chi connectivity index (χ1n) is 12.3. The highest BCUT2D eigenvalue weighted by atomic mass is 32.2. The van der Waals surface area contributed by atoms with E-state index in [0.29, 0.717) is 11.5 Å². The van der Waals surface area contributed by atoms with Gasteiger partial charge in [-0.1, -0.05) is 42.1 Å². The predicted molar refractivity (Wildman–Crippen MR) is 151 cm³/mol. The number of halogens is 3. The number of anilines is 1. The molecule has 0 aliphatic carbocycles. The number of sulfonamides is 1. The Kier molecular flexibility index (Phi) is 9.33. The average Bonchev–Trinajstić information content (AvgIpc) is 3.37. The van der Waals surface area contributed by atoms with Gasteiger partial charge >= 0.3 is 6.18 Å². The maximum atomic E-state index is 13.3. The number of rotatable bonds is 10. The summed E-state index contributed by atoms with van der Waals surface area (Å²) in [5, 5.41) is 13.6. The van der Waals surface area contributed by atoms with Crippen molar-refractivity contribution in [1.29, 1.82) is 0 Å². The number of nitrogens with zero attached hydrogens (tertiary/aromatic N) is 4. The van der Waals surface area contributed by atoms with Crippen LogP contribution >= 0.6 is 11.8 Å². The number of hydrogen-bond acceptors (Lipinski definition) is 7. The van der Waals surface area contributed by atoms with Gasteiger partial charge in [0, 0.05) is 25.3 Å². The molecule has 1 aromatic heterocycles. The summed E-state index contributed by atoms with van der Waals surface area (Å²) in [4.78, 5) is 25.4. The fourth-order valence-corrected chi connectivity index (χ4v) is 5.42. The van der Waals surface area contributed by atoms with Gasteiger partial charge in [-0.2, -0.15) is 13.2 Å². The second kappa shape index (κ2) is 12.8. The number of benzene rings is 3. The summed E-state index contributed by atoms with van der Waals surface area (Å²) in [6.45, 7) is -0.0653. The van der Waals surface area contributed by atoms with Crippen molar-refractivity contribution in [2.24, 2.45) is 0 Å². The summed E-state index contributed by atoms with van der Waals surface area (Å²) in [6, 6.07) is 19.0. The predicted octanol–water partition coefficient (Wildman–Crippen LogP) is 4.20. The summed E-state index contributed by atoms with van der Waals surface area (Å²) in [5.74, 6) is -1.09. The molecule has 220 valence electrons. The Labute approximate surface area is 244 Å². The van der Waals surface area contributed by atoms with Crippen molar-refractivity contribution in [3.05, 3.63) is 95.8 Å². The van der Waals surface area contributed by atoms with Gasteiger partial charge in [0.15, 0.2) is 11.0 Å². The molecule has 0 spiro atoms. The molecule has 0 fully saturated rings. The lowest BCUT2D eigenvalue weighted by molar-refractivity contribution is -0.137. The van der Waals surface area contributed by atoms with E-state index in [-0.39, 0.29) is 33.6 Å². The molecule has 2 amide bonds. The molecule has 4 aromatic rings. The highest BCUT2D eigenvalue weighted by Gasteiger charge is 2.33. The first-order valence-corrected chi connectivity index (χ1v) is 14.7.